The van der Waals surface area contributed by atoms with Crippen molar-refractivity contribution >= 4 is 28.5 Å². The second-order valence-electron chi connectivity index (χ2n) is 6.23. The van der Waals surface area contributed by atoms with Crippen LogP contribution in [0.5, 0.6) is 0 Å². The van der Waals surface area contributed by atoms with Crippen molar-refractivity contribution in [3.05, 3.63) is 54.1 Å². The van der Waals surface area contributed by atoms with Crippen LogP contribution in [0.2, 0.25) is 0 Å². The second-order valence-corrected chi connectivity index (χ2v) is 7.00. The number of aromatic nitrogens is 3. The molecule has 0 N–H and O–H groups in total. The van der Waals surface area contributed by atoms with Gasteiger partial charge < -0.3 is 4.90 Å². The van der Waals surface area contributed by atoms with Gasteiger partial charge in [-0.3, -0.25) is 0 Å². The second kappa shape index (κ2) is 6.96. The zero-order chi connectivity index (χ0) is 17.2. The van der Waals surface area contributed by atoms with E-state index >= 15 is 0 Å². The van der Waals surface area contributed by atoms with E-state index in [0.29, 0.717) is 6.04 Å². The van der Waals surface area contributed by atoms with Gasteiger partial charge in [-0.05, 0) is 49.3 Å². The molecule has 128 valence electrons. The predicted octanol–water partition coefficient (Wildman–Crippen LogP) is 4.10. The molecule has 0 saturated heterocycles. The average Bonchev–Trinajstić information content (AvgIpc) is 3.48. The number of hydrogen-bond donors (Lipinski definition) is 0. The molecule has 4 rings (SSSR count). The van der Waals surface area contributed by atoms with Crippen molar-refractivity contribution in [3.63, 3.8) is 0 Å². The zero-order valence-electron chi connectivity index (χ0n) is 14.0. The molecular weight excluding hydrogens is 335 g/mol. The van der Waals surface area contributed by atoms with Crippen molar-refractivity contribution in [2.45, 2.75) is 30.5 Å². The highest BCUT2D eigenvalue weighted by Gasteiger charge is 2.30. The fraction of sp³-hybridized carbons (Fsp3) is 0.316. The molecule has 0 aliphatic heterocycles. The van der Waals surface area contributed by atoms with Crippen LogP contribution in [0.4, 0.5) is 10.2 Å². The lowest BCUT2D eigenvalue weighted by Gasteiger charge is -2.24. The van der Waals surface area contributed by atoms with Crippen LogP contribution in [0.3, 0.4) is 0 Å². The third-order valence-corrected chi connectivity index (χ3v) is 5.03. The highest BCUT2D eigenvalue weighted by Crippen LogP contribution is 2.34. The molecule has 0 bridgehead atoms. The third-order valence-electron chi connectivity index (χ3n) is 4.46. The van der Waals surface area contributed by atoms with Gasteiger partial charge in [0.15, 0.2) is 5.16 Å². The Kier molecular flexibility index (Phi) is 4.53. The minimum absolute atomic E-state index is 0.194. The highest BCUT2D eigenvalue weighted by molar-refractivity contribution is 7.98. The molecular formula is C19H19FN4S. The predicted molar refractivity (Wildman–Crippen MR) is 99.6 cm³/mol. The van der Waals surface area contributed by atoms with E-state index in [1.54, 1.807) is 0 Å². The first kappa shape index (κ1) is 16.3. The Hall–Kier alpha value is -2.21. The topological polar surface area (TPSA) is 41.9 Å². The van der Waals surface area contributed by atoms with Crippen molar-refractivity contribution < 1.29 is 4.39 Å². The Morgan fingerprint density at radius 3 is 2.68 bits per heavy atom. The number of rotatable bonds is 6. The SMILES string of the molecule is CSc1ncc2c(N(CCc3ccc(F)cc3)C3CC3)nccc2n1. The summed E-state index contributed by atoms with van der Waals surface area (Å²) in [7, 11) is 0. The maximum Gasteiger partial charge on any atom is 0.187 e. The van der Waals surface area contributed by atoms with Crippen molar-refractivity contribution in [2.24, 2.45) is 0 Å². The summed E-state index contributed by atoms with van der Waals surface area (Å²) in [4.78, 5) is 16.0. The van der Waals surface area contributed by atoms with Crippen LogP contribution in [0.1, 0.15) is 18.4 Å². The van der Waals surface area contributed by atoms with Gasteiger partial charge in [0.05, 0.1) is 10.9 Å². The van der Waals surface area contributed by atoms with E-state index in [2.05, 4.69) is 19.9 Å². The summed E-state index contributed by atoms with van der Waals surface area (Å²) >= 11 is 1.54. The summed E-state index contributed by atoms with van der Waals surface area (Å²) < 4.78 is 13.1. The van der Waals surface area contributed by atoms with Gasteiger partial charge in [-0.2, -0.15) is 0 Å². The summed E-state index contributed by atoms with van der Waals surface area (Å²) in [5, 5.41) is 1.76. The molecule has 4 nitrogen and oxygen atoms in total. The zero-order valence-corrected chi connectivity index (χ0v) is 14.8. The lowest BCUT2D eigenvalue weighted by molar-refractivity contribution is 0.626. The minimum Gasteiger partial charge on any atom is -0.353 e. The number of fused-ring (bicyclic) bond motifs is 1. The van der Waals surface area contributed by atoms with Crippen LogP contribution in [-0.2, 0) is 6.42 Å². The molecule has 2 aromatic heterocycles. The number of benzene rings is 1. The van der Waals surface area contributed by atoms with Gasteiger partial charge in [0, 0.05) is 25.0 Å². The van der Waals surface area contributed by atoms with Crippen molar-refractivity contribution in [1.82, 2.24) is 15.0 Å². The monoisotopic (exact) mass is 354 g/mol. The minimum atomic E-state index is -0.194. The van der Waals surface area contributed by atoms with Crippen LogP contribution >= 0.6 is 11.8 Å². The Labute approximate surface area is 150 Å². The molecule has 1 fully saturated rings. The van der Waals surface area contributed by atoms with E-state index in [9.17, 15) is 4.39 Å². The van der Waals surface area contributed by atoms with Gasteiger partial charge in [0.2, 0.25) is 0 Å². The first-order chi connectivity index (χ1) is 12.2. The molecule has 0 radical (unpaired) electrons. The number of pyridine rings is 1. The smallest absolute Gasteiger partial charge is 0.187 e. The Morgan fingerprint density at radius 2 is 1.96 bits per heavy atom. The van der Waals surface area contributed by atoms with E-state index in [1.165, 1.54) is 36.7 Å². The number of halogens is 1. The summed E-state index contributed by atoms with van der Waals surface area (Å²) in [5.74, 6) is 0.759. The standard InChI is InChI=1S/C19H19FN4S/c1-25-19-22-12-16-17(23-19)8-10-21-18(16)24(15-6-7-15)11-9-13-2-4-14(20)5-3-13/h2-5,8,10,12,15H,6-7,9,11H2,1H3. The maximum atomic E-state index is 13.1. The van der Waals surface area contributed by atoms with Crippen molar-refractivity contribution in [3.8, 4) is 0 Å². The average molecular weight is 354 g/mol. The van der Waals surface area contributed by atoms with E-state index in [1.807, 2.05) is 36.8 Å². The van der Waals surface area contributed by atoms with Crippen LogP contribution in [0, 0.1) is 5.82 Å². The van der Waals surface area contributed by atoms with E-state index in [4.69, 9.17) is 0 Å². The summed E-state index contributed by atoms with van der Waals surface area (Å²) in [6.45, 7) is 0.854. The molecule has 1 aliphatic rings. The quantitative estimate of drug-likeness (QED) is 0.492. The molecule has 0 amide bonds. The number of thioether (sulfide) groups is 1. The van der Waals surface area contributed by atoms with Crippen molar-refractivity contribution in [2.75, 3.05) is 17.7 Å². The molecule has 1 saturated carbocycles. The maximum absolute atomic E-state index is 13.1. The third kappa shape index (κ3) is 3.58. The first-order valence-corrected chi connectivity index (χ1v) is 9.64. The normalized spacial score (nSPS) is 14.0. The number of anilines is 1. The van der Waals surface area contributed by atoms with Crippen LogP contribution in [-0.4, -0.2) is 33.8 Å². The van der Waals surface area contributed by atoms with Crippen LogP contribution in [0.15, 0.2) is 47.9 Å². The molecule has 2 heterocycles. The molecule has 0 atom stereocenters. The first-order valence-electron chi connectivity index (χ1n) is 8.41. The summed E-state index contributed by atoms with van der Waals surface area (Å²) in [5.41, 5.74) is 2.06. The highest BCUT2D eigenvalue weighted by atomic mass is 32.2. The summed E-state index contributed by atoms with van der Waals surface area (Å²) in [6.07, 6.45) is 8.91. The molecule has 1 aromatic carbocycles. The fourth-order valence-corrected chi connectivity index (χ4v) is 3.35. The van der Waals surface area contributed by atoms with Gasteiger partial charge in [-0.25, -0.2) is 19.3 Å². The van der Waals surface area contributed by atoms with E-state index < -0.39 is 0 Å². The van der Waals surface area contributed by atoms with Gasteiger partial charge >= 0.3 is 0 Å². The van der Waals surface area contributed by atoms with Crippen LogP contribution in [0.25, 0.3) is 10.9 Å². The van der Waals surface area contributed by atoms with Gasteiger partial charge in [-0.15, -0.1) is 0 Å². The number of nitrogens with zero attached hydrogens (tertiary/aromatic N) is 4. The lowest BCUT2D eigenvalue weighted by atomic mass is 10.1. The molecule has 0 spiro atoms. The lowest BCUT2D eigenvalue weighted by Crippen LogP contribution is -2.29. The van der Waals surface area contributed by atoms with Crippen molar-refractivity contribution in [1.29, 1.82) is 0 Å². The number of hydrogen-bond acceptors (Lipinski definition) is 5. The molecule has 25 heavy (non-hydrogen) atoms. The van der Waals surface area contributed by atoms with E-state index in [-0.39, 0.29) is 5.82 Å². The fourth-order valence-electron chi connectivity index (χ4n) is 3.00. The largest absolute Gasteiger partial charge is 0.353 e. The Balaban J connectivity index is 1.62. The summed E-state index contributed by atoms with van der Waals surface area (Å²) in [6, 6.07) is 9.20. The molecule has 0 unspecified atom stereocenters. The molecule has 6 heteroatoms. The van der Waals surface area contributed by atoms with Gasteiger partial charge in [-0.1, -0.05) is 23.9 Å². The van der Waals surface area contributed by atoms with Crippen LogP contribution < -0.4 is 4.90 Å². The molecule has 1 aliphatic carbocycles. The van der Waals surface area contributed by atoms with Gasteiger partial charge in [0.1, 0.15) is 11.6 Å². The van der Waals surface area contributed by atoms with Gasteiger partial charge in [0.25, 0.3) is 0 Å². The Bertz CT molecular complexity index is 880. The van der Waals surface area contributed by atoms with E-state index in [0.717, 1.165) is 40.4 Å². The Morgan fingerprint density at radius 1 is 1.16 bits per heavy atom. The molecule has 3 aromatic rings.